The Bertz CT molecular complexity index is 870. The number of carbonyl (C=O) groups excluding carboxylic acids is 2. The topological polar surface area (TPSA) is 117 Å². The summed E-state index contributed by atoms with van der Waals surface area (Å²) < 4.78 is 5.11. The number of piperidine rings is 1. The lowest BCUT2D eigenvalue weighted by Crippen LogP contribution is -2.50. The average molecular weight is 464 g/mol. The lowest BCUT2D eigenvalue weighted by atomic mass is 10.0. The maximum atomic E-state index is 12.8. The van der Waals surface area contributed by atoms with E-state index in [1.165, 1.54) is 24.3 Å². The van der Waals surface area contributed by atoms with Gasteiger partial charge >= 0.3 is 6.09 Å². The molecule has 2 aliphatic heterocycles. The van der Waals surface area contributed by atoms with Crippen molar-refractivity contribution < 1.29 is 19.2 Å². The number of hydrogen-bond donors (Lipinski definition) is 2. The van der Waals surface area contributed by atoms with E-state index in [1.807, 2.05) is 11.9 Å². The van der Waals surface area contributed by atoms with Gasteiger partial charge in [0.15, 0.2) is 0 Å². The minimum Gasteiger partial charge on any atom is -0.443 e. The van der Waals surface area contributed by atoms with E-state index in [-0.39, 0.29) is 35.5 Å². The van der Waals surface area contributed by atoms with Crippen LogP contribution in [0.2, 0.25) is 0 Å². The highest BCUT2D eigenvalue weighted by Crippen LogP contribution is 2.23. The fraction of sp³-hybridized carbons (Fsp3) is 0.571. The molecule has 0 saturated carbocycles. The molecule has 10 nitrogen and oxygen atoms in total. The molecule has 3 rings (SSSR count). The van der Waals surface area contributed by atoms with Gasteiger partial charge in [0.2, 0.25) is 5.91 Å². The third kappa shape index (κ3) is 6.42. The minimum absolute atomic E-state index is 0.0170. The van der Waals surface area contributed by atoms with E-state index in [0.717, 1.165) is 25.8 Å². The standard InChI is InChI=1S/C21H29N5O5S/c1-14(23-21(28)31-13-15-3-5-17(6-4-15)26(29)30)22-16-7-9-25(10-8-16)20(27)19-11-18(32)12-24(19)2/h3-6,16,18-19,32H,7-13H2,1-2H3,(H,22,23,28)/t18-,19-/m0/s1. The van der Waals surface area contributed by atoms with Crippen molar-refractivity contribution in [1.82, 2.24) is 15.1 Å². The molecule has 0 radical (unpaired) electrons. The smallest absolute Gasteiger partial charge is 0.435 e. The van der Waals surface area contributed by atoms with Crippen LogP contribution in [0.4, 0.5) is 10.5 Å². The van der Waals surface area contributed by atoms with Crippen molar-refractivity contribution in [2.45, 2.75) is 50.1 Å². The van der Waals surface area contributed by atoms with Crippen LogP contribution in [0, 0.1) is 10.1 Å². The van der Waals surface area contributed by atoms with Crippen LogP contribution in [0.3, 0.4) is 0 Å². The molecule has 174 valence electrons. The highest BCUT2D eigenvalue weighted by molar-refractivity contribution is 7.81. The summed E-state index contributed by atoms with van der Waals surface area (Å²) >= 11 is 4.50. The van der Waals surface area contributed by atoms with Crippen LogP contribution in [0.1, 0.15) is 31.7 Å². The fourth-order valence-corrected chi connectivity index (χ4v) is 4.53. The van der Waals surface area contributed by atoms with E-state index < -0.39 is 11.0 Å². The molecule has 32 heavy (non-hydrogen) atoms. The van der Waals surface area contributed by atoms with Gasteiger partial charge < -0.3 is 15.0 Å². The van der Waals surface area contributed by atoms with E-state index >= 15 is 0 Å². The number of nitrogens with zero attached hydrogens (tertiary/aromatic N) is 4. The van der Waals surface area contributed by atoms with Gasteiger partial charge in [-0.15, -0.1) is 0 Å². The first-order valence-corrected chi connectivity index (χ1v) is 11.1. The Hall–Kier alpha value is -2.66. The predicted octanol–water partition coefficient (Wildman–Crippen LogP) is 2.23. The quantitative estimate of drug-likeness (QED) is 0.226. The highest BCUT2D eigenvalue weighted by atomic mass is 32.1. The number of likely N-dealkylation sites (tertiary alicyclic amines) is 2. The maximum Gasteiger partial charge on any atom is 0.435 e. The summed E-state index contributed by atoms with van der Waals surface area (Å²) in [5.74, 6) is 0.625. The monoisotopic (exact) mass is 463 g/mol. The zero-order valence-corrected chi connectivity index (χ0v) is 19.2. The van der Waals surface area contributed by atoms with Crippen molar-refractivity contribution in [3.05, 3.63) is 39.9 Å². The van der Waals surface area contributed by atoms with Crippen molar-refractivity contribution in [3.8, 4) is 0 Å². The number of carbonyl (C=O) groups is 2. The van der Waals surface area contributed by atoms with Crippen LogP contribution < -0.4 is 5.32 Å². The second-order valence-electron chi connectivity index (χ2n) is 8.26. The molecule has 2 aliphatic rings. The number of thiol groups is 1. The van der Waals surface area contributed by atoms with Gasteiger partial charge in [-0.25, -0.2) is 4.79 Å². The molecule has 0 spiro atoms. The van der Waals surface area contributed by atoms with Gasteiger partial charge in [-0.1, -0.05) is 0 Å². The number of benzene rings is 1. The molecule has 2 amide bonds. The molecule has 0 aliphatic carbocycles. The van der Waals surface area contributed by atoms with E-state index in [4.69, 9.17) is 4.74 Å². The van der Waals surface area contributed by atoms with Crippen molar-refractivity contribution in [2.24, 2.45) is 4.99 Å². The molecule has 0 aromatic heterocycles. The Morgan fingerprint density at radius 3 is 2.50 bits per heavy atom. The number of aliphatic imine (C=N–C) groups is 1. The molecular formula is C21H29N5O5S. The summed E-state index contributed by atoms with van der Waals surface area (Å²) in [6.07, 6.45) is 1.60. The highest BCUT2D eigenvalue weighted by Gasteiger charge is 2.36. The summed E-state index contributed by atoms with van der Waals surface area (Å²) in [5.41, 5.74) is 0.617. The van der Waals surface area contributed by atoms with Gasteiger partial charge in [0, 0.05) is 43.1 Å². The number of amidine groups is 1. The van der Waals surface area contributed by atoms with Gasteiger partial charge in [0.25, 0.3) is 5.69 Å². The summed E-state index contributed by atoms with van der Waals surface area (Å²) in [7, 11) is 1.97. The lowest BCUT2D eigenvalue weighted by Gasteiger charge is -2.35. The maximum absolute atomic E-state index is 12.8. The van der Waals surface area contributed by atoms with Crippen molar-refractivity contribution in [1.29, 1.82) is 0 Å². The van der Waals surface area contributed by atoms with E-state index in [1.54, 1.807) is 6.92 Å². The third-order valence-corrected chi connectivity index (χ3v) is 6.17. The molecule has 11 heteroatoms. The van der Waals surface area contributed by atoms with Gasteiger partial charge in [-0.2, -0.15) is 17.6 Å². The second kappa shape index (κ2) is 10.8. The molecule has 1 aromatic rings. The number of amides is 2. The van der Waals surface area contributed by atoms with Crippen molar-refractivity contribution in [2.75, 3.05) is 26.7 Å². The summed E-state index contributed by atoms with van der Waals surface area (Å²) in [5, 5.41) is 14.1. The minimum atomic E-state index is -0.730. The fourth-order valence-electron chi connectivity index (χ4n) is 4.07. The van der Waals surface area contributed by atoms with Gasteiger partial charge in [-0.3, -0.25) is 19.8 Å². The van der Waals surface area contributed by atoms with Crippen LogP contribution in [0.25, 0.3) is 0 Å². The van der Waals surface area contributed by atoms with Gasteiger partial charge in [0.1, 0.15) is 12.4 Å². The largest absolute Gasteiger partial charge is 0.443 e. The molecule has 2 saturated heterocycles. The SMILES string of the molecule is CC(=NC(=O)OCc1ccc([N+](=O)[O-])cc1)NC1CCN(C(=O)[C@@H]2C[C@H](S)CN2C)CC1. The van der Waals surface area contributed by atoms with E-state index in [9.17, 15) is 19.7 Å². The number of likely N-dealkylation sites (N-methyl/N-ethyl adjacent to an activating group) is 1. The number of nitrogens with one attached hydrogen (secondary N) is 1. The lowest BCUT2D eigenvalue weighted by molar-refractivity contribution is -0.384. The summed E-state index contributed by atoms with van der Waals surface area (Å²) in [4.78, 5) is 42.8. The first kappa shape index (κ1) is 24.0. The van der Waals surface area contributed by atoms with Crippen molar-refractivity contribution in [3.63, 3.8) is 0 Å². The average Bonchev–Trinajstić information content (AvgIpc) is 3.10. The van der Waals surface area contributed by atoms with Crippen LogP contribution in [-0.4, -0.2) is 76.6 Å². The molecule has 1 N–H and O–H groups in total. The van der Waals surface area contributed by atoms with Gasteiger partial charge in [0.05, 0.1) is 11.0 Å². The summed E-state index contributed by atoms with van der Waals surface area (Å²) in [6.45, 7) is 3.83. The molecule has 0 unspecified atom stereocenters. The van der Waals surface area contributed by atoms with Crippen LogP contribution in [0.15, 0.2) is 29.3 Å². The Kier molecular flexibility index (Phi) is 8.08. The Morgan fingerprint density at radius 1 is 1.28 bits per heavy atom. The van der Waals surface area contributed by atoms with Crippen LogP contribution >= 0.6 is 12.6 Å². The van der Waals surface area contributed by atoms with E-state index in [0.29, 0.717) is 24.5 Å². The van der Waals surface area contributed by atoms with E-state index in [2.05, 4.69) is 27.8 Å². The second-order valence-corrected chi connectivity index (χ2v) is 8.99. The van der Waals surface area contributed by atoms with Crippen LogP contribution in [-0.2, 0) is 16.1 Å². The van der Waals surface area contributed by atoms with Crippen molar-refractivity contribution >= 4 is 36.2 Å². The number of hydrogen-bond acceptors (Lipinski definition) is 7. The number of nitro benzene ring substituents is 1. The number of ether oxygens (including phenoxy) is 1. The molecule has 2 heterocycles. The predicted molar refractivity (Wildman–Crippen MR) is 123 cm³/mol. The van der Waals surface area contributed by atoms with Gasteiger partial charge in [-0.05, 0) is 50.9 Å². The molecule has 2 atom stereocenters. The first-order valence-electron chi connectivity index (χ1n) is 10.6. The number of rotatable bonds is 5. The molecular weight excluding hydrogens is 434 g/mol. The van der Waals surface area contributed by atoms with Crippen LogP contribution in [0.5, 0.6) is 0 Å². The third-order valence-electron chi connectivity index (χ3n) is 5.80. The molecule has 2 fully saturated rings. The number of non-ortho nitro benzene ring substituents is 1. The molecule has 1 aromatic carbocycles. The molecule has 0 bridgehead atoms. The normalized spacial score (nSPS) is 22.6. The Balaban J connectivity index is 1.41. The number of nitro groups is 1. The zero-order chi connectivity index (χ0) is 23.3. The Labute approximate surface area is 192 Å². The Morgan fingerprint density at radius 2 is 1.94 bits per heavy atom. The summed E-state index contributed by atoms with van der Waals surface area (Å²) in [6, 6.07) is 5.83. The zero-order valence-electron chi connectivity index (χ0n) is 18.3. The first-order chi connectivity index (χ1) is 15.2.